The van der Waals surface area contributed by atoms with E-state index in [1.54, 1.807) is 22.7 Å². The first-order valence-electron chi connectivity index (χ1n) is 10.2. The Labute approximate surface area is 181 Å². The van der Waals surface area contributed by atoms with Gasteiger partial charge in [0.05, 0.1) is 34.2 Å². The van der Waals surface area contributed by atoms with E-state index in [0.29, 0.717) is 31.8 Å². The number of carbonyl (C=O) groups is 2. The van der Waals surface area contributed by atoms with E-state index in [2.05, 4.69) is 23.8 Å². The first-order valence-corrected chi connectivity index (χ1v) is 12.0. The highest BCUT2D eigenvalue weighted by Gasteiger charge is 2.28. The number of aryl methyl sites for hydroxylation is 2. The quantitative estimate of drug-likeness (QED) is 0.669. The third-order valence-corrected chi connectivity index (χ3v) is 6.91. The van der Waals surface area contributed by atoms with E-state index in [1.807, 2.05) is 34.4 Å². The second kappa shape index (κ2) is 9.80. The molecule has 0 radical (unpaired) electrons. The Hall–Kier alpha value is -1.80. The molecule has 158 valence electrons. The summed E-state index contributed by atoms with van der Waals surface area (Å²) in [5.41, 5.74) is 1.71. The minimum Gasteiger partial charge on any atom is -0.342 e. The van der Waals surface area contributed by atoms with E-state index in [0.717, 1.165) is 40.8 Å². The summed E-state index contributed by atoms with van der Waals surface area (Å²) in [6.45, 7) is 10.2. The molecule has 3 rings (SSSR count). The number of likely N-dealkylation sites (tertiary alicyclic amines) is 1. The number of hydrogen-bond acceptors (Lipinski definition) is 6. The van der Waals surface area contributed by atoms with Crippen molar-refractivity contribution in [1.82, 2.24) is 19.8 Å². The number of aromatic nitrogens is 2. The molecule has 1 unspecified atom stereocenters. The lowest BCUT2D eigenvalue weighted by Gasteiger charge is -2.37. The summed E-state index contributed by atoms with van der Waals surface area (Å²) in [6.07, 6.45) is 2.75. The molecule has 2 amide bonds. The summed E-state index contributed by atoms with van der Waals surface area (Å²) in [5.74, 6) is 0.570. The normalized spacial score (nSPS) is 17.0. The largest absolute Gasteiger partial charge is 0.342 e. The molecule has 0 aromatic carbocycles. The maximum Gasteiger partial charge on any atom is 0.228 e. The molecule has 0 spiro atoms. The molecule has 2 aromatic rings. The van der Waals surface area contributed by atoms with Crippen LogP contribution in [-0.2, 0) is 22.4 Å². The summed E-state index contributed by atoms with van der Waals surface area (Å²) in [6, 6.07) is 0.131. The molecule has 6 nitrogen and oxygen atoms in total. The zero-order valence-corrected chi connectivity index (χ0v) is 19.3. The molecule has 0 N–H and O–H groups in total. The fourth-order valence-corrected chi connectivity index (χ4v) is 5.05. The Bertz CT molecular complexity index is 845. The highest BCUT2D eigenvalue weighted by atomic mass is 32.1. The van der Waals surface area contributed by atoms with Gasteiger partial charge in [-0.3, -0.25) is 9.59 Å². The molecule has 1 aliphatic rings. The van der Waals surface area contributed by atoms with Crippen molar-refractivity contribution in [2.45, 2.75) is 59.4 Å². The summed E-state index contributed by atoms with van der Waals surface area (Å²) in [7, 11) is 0. The highest BCUT2D eigenvalue weighted by Crippen LogP contribution is 2.21. The summed E-state index contributed by atoms with van der Waals surface area (Å²) >= 11 is 3.16. The van der Waals surface area contributed by atoms with E-state index in [4.69, 9.17) is 0 Å². The molecule has 8 heteroatoms. The standard InChI is InChI=1S/C21H30N4O2S2/c1-14(2)25(21(27)9-19-13-29-16(4)23-19)11-17-6-5-7-24(10-17)20(26)8-18-12-28-15(3)22-18/h12-14,17H,5-11H2,1-4H3. The van der Waals surface area contributed by atoms with Crippen molar-refractivity contribution in [3.05, 3.63) is 32.2 Å². The number of nitrogens with zero attached hydrogens (tertiary/aromatic N) is 4. The van der Waals surface area contributed by atoms with Gasteiger partial charge >= 0.3 is 0 Å². The first kappa shape index (κ1) is 21.9. The van der Waals surface area contributed by atoms with Crippen LogP contribution in [0.25, 0.3) is 0 Å². The van der Waals surface area contributed by atoms with E-state index in [-0.39, 0.29) is 17.9 Å². The Morgan fingerprint density at radius 1 is 1.14 bits per heavy atom. The van der Waals surface area contributed by atoms with Crippen LogP contribution in [0.2, 0.25) is 0 Å². The first-order chi connectivity index (χ1) is 13.8. The molecule has 3 heterocycles. The minimum atomic E-state index is 0.117. The predicted molar refractivity (Wildman–Crippen MR) is 117 cm³/mol. The van der Waals surface area contributed by atoms with Crippen LogP contribution in [0.1, 0.15) is 48.1 Å². The van der Waals surface area contributed by atoms with Crippen molar-refractivity contribution in [2.75, 3.05) is 19.6 Å². The van der Waals surface area contributed by atoms with Crippen molar-refractivity contribution >= 4 is 34.5 Å². The molecule has 1 atom stereocenters. The maximum absolute atomic E-state index is 12.9. The Morgan fingerprint density at radius 2 is 1.76 bits per heavy atom. The van der Waals surface area contributed by atoms with E-state index >= 15 is 0 Å². The molecule has 1 aliphatic heterocycles. The average molecular weight is 435 g/mol. The molecular formula is C21H30N4O2S2. The van der Waals surface area contributed by atoms with Crippen LogP contribution < -0.4 is 0 Å². The van der Waals surface area contributed by atoms with E-state index in [9.17, 15) is 9.59 Å². The van der Waals surface area contributed by atoms with Gasteiger partial charge in [-0.2, -0.15) is 0 Å². The topological polar surface area (TPSA) is 66.4 Å². The summed E-state index contributed by atoms with van der Waals surface area (Å²) < 4.78 is 0. The molecular weight excluding hydrogens is 404 g/mol. The van der Waals surface area contributed by atoms with Crippen molar-refractivity contribution in [1.29, 1.82) is 0 Å². The number of carbonyl (C=O) groups excluding carboxylic acids is 2. The Kier molecular flexibility index (Phi) is 7.40. The van der Waals surface area contributed by atoms with Crippen LogP contribution in [0, 0.1) is 19.8 Å². The summed E-state index contributed by atoms with van der Waals surface area (Å²) in [4.78, 5) is 38.4. The number of rotatable bonds is 7. The fraction of sp³-hybridized carbons (Fsp3) is 0.619. The second-order valence-electron chi connectivity index (χ2n) is 8.06. The molecule has 1 saturated heterocycles. The zero-order chi connectivity index (χ0) is 21.0. The molecule has 0 aliphatic carbocycles. The number of thiazole rings is 2. The van der Waals surface area contributed by atoms with Gasteiger partial charge in [0.1, 0.15) is 0 Å². The average Bonchev–Trinajstić information content (AvgIpc) is 3.27. The lowest BCUT2D eigenvalue weighted by Crippen LogP contribution is -2.47. The minimum absolute atomic E-state index is 0.117. The van der Waals surface area contributed by atoms with Gasteiger partial charge in [-0.25, -0.2) is 9.97 Å². The van der Waals surface area contributed by atoms with Gasteiger partial charge in [0.25, 0.3) is 0 Å². The van der Waals surface area contributed by atoms with E-state index < -0.39 is 0 Å². The van der Waals surface area contributed by atoms with Crippen LogP contribution in [-0.4, -0.2) is 57.3 Å². The van der Waals surface area contributed by atoms with Crippen LogP contribution >= 0.6 is 22.7 Å². The van der Waals surface area contributed by atoms with Crippen molar-refractivity contribution in [3.8, 4) is 0 Å². The lowest BCUT2D eigenvalue weighted by atomic mass is 9.96. The summed E-state index contributed by atoms with van der Waals surface area (Å²) in [5, 5.41) is 5.91. The van der Waals surface area contributed by atoms with Gasteiger partial charge in [0, 0.05) is 36.4 Å². The number of piperidine rings is 1. The monoisotopic (exact) mass is 434 g/mol. The van der Waals surface area contributed by atoms with Gasteiger partial charge in [-0.05, 0) is 46.5 Å². The molecule has 1 fully saturated rings. The van der Waals surface area contributed by atoms with Crippen LogP contribution in [0.15, 0.2) is 10.8 Å². The molecule has 2 aromatic heterocycles. The maximum atomic E-state index is 12.9. The van der Waals surface area contributed by atoms with Gasteiger partial charge in [-0.15, -0.1) is 22.7 Å². The van der Waals surface area contributed by atoms with Crippen LogP contribution in [0.5, 0.6) is 0 Å². The molecule has 0 saturated carbocycles. The predicted octanol–water partition coefficient (Wildman–Crippen LogP) is 3.48. The van der Waals surface area contributed by atoms with Gasteiger partial charge < -0.3 is 9.80 Å². The highest BCUT2D eigenvalue weighted by molar-refractivity contribution is 7.09. The Morgan fingerprint density at radius 3 is 2.31 bits per heavy atom. The smallest absolute Gasteiger partial charge is 0.228 e. The van der Waals surface area contributed by atoms with Crippen molar-refractivity contribution < 1.29 is 9.59 Å². The zero-order valence-electron chi connectivity index (χ0n) is 17.7. The molecule has 0 bridgehead atoms. The van der Waals surface area contributed by atoms with Crippen molar-refractivity contribution in [3.63, 3.8) is 0 Å². The van der Waals surface area contributed by atoms with Gasteiger partial charge in [-0.1, -0.05) is 0 Å². The van der Waals surface area contributed by atoms with Crippen LogP contribution in [0.3, 0.4) is 0 Å². The third kappa shape index (κ3) is 6.09. The van der Waals surface area contributed by atoms with Crippen molar-refractivity contribution in [2.24, 2.45) is 5.92 Å². The SMILES string of the molecule is Cc1nc(CC(=O)N2CCCC(CN(C(=O)Cc3csc(C)n3)C(C)C)C2)cs1. The number of amides is 2. The van der Waals surface area contributed by atoms with Gasteiger partial charge in [0.2, 0.25) is 11.8 Å². The van der Waals surface area contributed by atoms with Gasteiger partial charge in [0.15, 0.2) is 0 Å². The fourth-order valence-electron chi connectivity index (χ4n) is 3.82. The third-order valence-electron chi connectivity index (χ3n) is 5.27. The van der Waals surface area contributed by atoms with E-state index in [1.165, 1.54) is 0 Å². The number of hydrogen-bond donors (Lipinski definition) is 0. The lowest BCUT2D eigenvalue weighted by molar-refractivity contribution is -0.134. The van der Waals surface area contributed by atoms with Crippen LogP contribution in [0.4, 0.5) is 0 Å². The second-order valence-corrected chi connectivity index (χ2v) is 10.2. The molecule has 29 heavy (non-hydrogen) atoms. The Balaban J connectivity index is 1.57.